The molecule has 0 aliphatic carbocycles. The summed E-state index contributed by atoms with van der Waals surface area (Å²) < 4.78 is 5.62. The first kappa shape index (κ1) is 16.3. The Balaban J connectivity index is 2.67. The van der Waals surface area contributed by atoms with Gasteiger partial charge in [-0.3, -0.25) is 4.79 Å². The molecule has 0 spiro atoms. The maximum Gasteiger partial charge on any atom is 0.223 e. The number of carbonyl (C=O) groups is 1. The van der Waals surface area contributed by atoms with Crippen LogP contribution >= 0.6 is 0 Å². The number of ether oxygens (including phenoxy) is 1. The summed E-state index contributed by atoms with van der Waals surface area (Å²) in [4.78, 5) is 13.5. The Bertz CT molecular complexity index is 437. The maximum atomic E-state index is 11.7. The highest BCUT2D eigenvalue weighted by atomic mass is 16.5. The van der Waals surface area contributed by atoms with Gasteiger partial charge >= 0.3 is 0 Å². The van der Waals surface area contributed by atoms with Gasteiger partial charge in [0.15, 0.2) is 0 Å². The lowest BCUT2D eigenvalue weighted by Gasteiger charge is -2.21. The number of anilines is 1. The minimum absolute atomic E-state index is 0.0471. The van der Waals surface area contributed by atoms with Crippen LogP contribution < -0.4 is 9.64 Å². The van der Waals surface area contributed by atoms with Gasteiger partial charge in [-0.05, 0) is 44.0 Å². The van der Waals surface area contributed by atoms with Crippen molar-refractivity contribution in [2.45, 2.75) is 40.0 Å². The molecule has 0 saturated heterocycles. The van der Waals surface area contributed by atoms with E-state index in [2.05, 4.69) is 13.5 Å². The van der Waals surface area contributed by atoms with E-state index in [-0.39, 0.29) is 5.91 Å². The number of nitrogens with zero attached hydrogens (tertiary/aromatic N) is 1. The number of benzene rings is 1. The molecule has 110 valence electrons. The number of hydrogen-bond donors (Lipinski definition) is 0. The molecule has 0 atom stereocenters. The van der Waals surface area contributed by atoms with Crippen LogP contribution in [0.25, 0.3) is 0 Å². The quantitative estimate of drug-likeness (QED) is 0.526. The molecule has 1 aromatic rings. The predicted octanol–water partition coefficient (Wildman–Crippen LogP) is 4.18. The van der Waals surface area contributed by atoms with Crippen molar-refractivity contribution in [2.75, 3.05) is 18.1 Å². The summed E-state index contributed by atoms with van der Waals surface area (Å²) in [7, 11) is 0. The van der Waals surface area contributed by atoms with Crippen LogP contribution in [-0.2, 0) is 4.79 Å². The highest BCUT2D eigenvalue weighted by Gasteiger charge is 2.11. The lowest BCUT2D eigenvalue weighted by atomic mass is 10.2. The van der Waals surface area contributed by atoms with Gasteiger partial charge in [-0.2, -0.15) is 0 Å². The standard InChI is InChI=1S/C17H25NO2/c1-5-6-13-20-17-9-7-16(8-10-17)18(15(4)19)12-11-14(2)3/h7-10H,2,5-6,11-13H2,1,3-4H3. The van der Waals surface area contributed by atoms with E-state index in [1.54, 1.807) is 11.8 Å². The summed E-state index contributed by atoms with van der Waals surface area (Å²) in [5.74, 6) is 0.900. The molecule has 0 aliphatic heterocycles. The summed E-state index contributed by atoms with van der Waals surface area (Å²) in [6.45, 7) is 11.0. The molecule has 0 aromatic heterocycles. The fourth-order valence-electron chi connectivity index (χ4n) is 1.83. The van der Waals surface area contributed by atoms with Gasteiger partial charge in [-0.15, -0.1) is 6.58 Å². The van der Waals surface area contributed by atoms with E-state index < -0.39 is 0 Å². The number of rotatable bonds is 8. The van der Waals surface area contributed by atoms with E-state index in [1.807, 2.05) is 31.2 Å². The lowest BCUT2D eigenvalue weighted by Crippen LogP contribution is -2.29. The molecule has 1 amide bonds. The van der Waals surface area contributed by atoms with Crippen LogP contribution in [-0.4, -0.2) is 19.1 Å². The molecule has 0 unspecified atom stereocenters. The molecule has 0 aliphatic rings. The lowest BCUT2D eigenvalue weighted by molar-refractivity contribution is -0.116. The second kappa shape index (κ2) is 8.41. The molecule has 0 bridgehead atoms. The summed E-state index contributed by atoms with van der Waals surface area (Å²) >= 11 is 0. The van der Waals surface area contributed by atoms with Crippen molar-refractivity contribution >= 4 is 11.6 Å². The third-order valence-electron chi connectivity index (χ3n) is 3.06. The van der Waals surface area contributed by atoms with Crippen LogP contribution in [0.15, 0.2) is 36.4 Å². The fourth-order valence-corrected chi connectivity index (χ4v) is 1.83. The van der Waals surface area contributed by atoms with Crippen molar-refractivity contribution in [3.63, 3.8) is 0 Å². The van der Waals surface area contributed by atoms with E-state index in [4.69, 9.17) is 4.74 Å². The molecule has 0 saturated carbocycles. The van der Waals surface area contributed by atoms with Crippen molar-refractivity contribution in [1.29, 1.82) is 0 Å². The molecule has 3 heteroatoms. The predicted molar refractivity (Wildman–Crippen MR) is 84.3 cm³/mol. The second-order valence-corrected chi connectivity index (χ2v) is 5.07. The van der Waals surface area contributed by atoms with Crippen molar-refractivity contribution in [1.82, 2.24) is 0 Å². The normalized spacial score (nSPS) is 10.2. The van der Waals surface area contributed by atoms with Gasteiger partial charge in [0, 0.05) is 19.2 Å². The fraction of sp³-hybridized carbons (Fsp3) is 0.471. The summed E-state index contributed by atoms with van der Waals surface area (Å²) in [5.41, 5.74) is 1.98. The van der Waals surface area contributed by atoms with E-state index in [1.165, 1.54) is 0 Å². The van der Waals surface area contributed by atoms with E-state index >= 15 is 0 Å². The zero-order chi connectivity index (χ0) is 15.0. The van der Waals surface area contributed by atoms with Gasteiger partial charge in [-0.25, -0.2) is 0 Å². The van der Waals surface area contributed by atoms with Gasteiger partial charge < -0.3 is 9.64 Å². The van der Waals surface area contributed by atoms with Gasteiger partial charge in [0.1, 0.15) is 5.75 Å². The van der Waals surface area contributed by atoms with E-state index in [0.717, 1.165) is 42.9 Å². The molecule has 0 heterocycles. The zero-order valence-corrected chi connectivity index (χ0v) is 12.8. The third-order valence-corrected chi connectivity index (χ3v) is 3.06. The molecular weight excluding hydrogens is 250 g/mol. The number of hydrogen-bond acceptors (Lipinski definition) is 2. The average molecular weight is 275 g/mol. The minimum Gasteiger partial charge on any atom is -0.494 e. The van der Waals surface area contributed by atoms with Crippen molar-refractivity contribution in [3.05, 3.63) is 36.4 Å². The monoisotopic (exact) mass is 275 g/mol. The van der Waals surface area contributed by atoms with Crippen LogP contribution in [0.1, 0.15) is 40.0 Å². The van der Waals surface area contributed by atoms with E-state index in [0.29, 0.717) is 6.54 Å². The number of carbonyl (C=O) groups excluding carboxylic acids is 1. The highest BCUT2D eigenvalue weighted by molar-refractivity contribution is 5.91. The number of amides is 1. The first-order valence-electron chi connectivity index (χ1n) is 7.20. The molecule has 1 aromatic carbocycles. The summed E-state index contributed by atoms with van der Waals surface area (Å²) in [6.07, 6.45) is 2.99. The second-order valence-electron chi connectivity index (χ2n) is 5.07. The SMILES string of the molecule is C=C(C)CCN(C(C)=O)c1ccc(OCCCC)cc1. The molecular formula is C17H25NO2. The molecule has 0 fully saturated rings. The van der Waals surface area contributed by atoms with Crippen LogP contribution in [0.5, 0.6) is 5.75 Å². The first-order valence-corrected chi connectivity index (χ1v) is 7.20. The first-order chi connectivity index (χ1) is 9.54. The van der Waals surface area contributed by atoms with Gasteiger partial charge in [0.2, 0.25) is 5.91 Å². The Hall–Kier alpha value is -1.77. The average Bonchev–Trinajstić information content (AvgIpc) is 2.40. The molecule has 0 radical (unpaired) electrons. The van der Waals surface area contributed by atoms with Crippen LogP contribution in [0, 0.1) is 0 Å². The Labute approximate surface area is 122 Å². The minimum atomic E-state index is 0.0471. The topological polar surface area (TPSA) is 29.5 Å². The Kier molecular flexibility index (Phi) is 6.85. The van der Waals surface area contributed by atoms with Crippen molar-refractivity contribution in [2.24, 2.45) is 0 Å². The smallest absolute Gasteiger partial charge is 0.223 e. The third kappa shape index (κ3) is 5.47. The zero-order valence-electron chi connectivity index (χ0n) is 12.8. The van der Waals surface area contributed by atoms with Gasteiger partial charge in [-0.1, -0.05) is 18.9 Å². The Morgan fingerprint density at radius 3 is 2.40 bits per heavy atom. The summed E-state index contributed by atoms with van der Waals surface area (Å²) in [6, 6.07) is 7.70. The van der Waals surface area contributed by atoms with Crippen molar-refractivity contribution < 1.29 is 9.53 Å². The Morgan fingerprint density at radius 2 is 1.90 bits per heavy atom. The number of unbranched alkanes of at least 4 members (excludes halogenated alkanes) is 1. The van der Waals surface area contributed by atoms with E-state index in [9.17, 15) is 4.79 Å². The highest BCUT2D eigenvalue weighted by Crippen LogP contribution is 2.20. The van der Waals surface area contributed by atoms with Gasteiger partial charge in [0.05, 0.1) is 6.61 Å². The summed E-state index contributed by atoms with van der Waals surface area (Å²) in [5, 5.41) is 0. The van der Waals surface area contributed by atoms with Gasteiger partial charge in [0.25, 0.3) is 0 Å². The molecule has 20 heavy (non-hydrogen) atoms. The van der Waals surface area contributed by atoms with Crippen LogP contribution in [0.3, 0.4) is 0 Å². The molecule has 3 nitrogen and oxygen atoms in total. The largest absolute Gasteiger partial charge is 0.494 e. The van der Waals surface area contributed by atoms with Crippen LogP contribution in [0.2, 0.25) is 0 Å². The maximum absolute atomic E-state index is 11.7. The van der Waals surface area contributed by atoms with Crippen LogP contribution in [0.4, 0.5) is 5.69 Å². The molecule has 1 rings (SSSR count). The molecule has 0 N–H and O–H groups in total. The Morgan fingerprint density at radius 1 is 1.25 bits per heavy atom. The van der Waals surface area contributed by atoms with Crippen molar-refractivity contribution in [3.8, 4) is 5.75 Å².